The maximum Gasteiger partial charge on any atom is 0.123 e. The van der Waals surface area contributed by atoms with Gasteiger partial charge in [-0.25, -0.2) is 4.39 Å². The van der Waals surface area contributed by atoms with Gasteiger partial charge in [0.1, 0.15) is 5.82 Å². The first-order valence-corrected chi connectivity index (χ1v) is 7.21. The minimum Gasteiger partial charge on any atom is -0.389 e. The quantitative estimate of drug-likeness (QED) is 0.745. The van der Waals surface area contributed by atoms with Crippen LogP contribution in [0.4, 0.5) is 10.1 Å². The highest BCUT2D eigenvalue weighted by atomic mass is 19.1. The van der Waals surface area contributed by atoms with Crippen LogP contribution in [-0.2, 0) is 0 Å². The van der Waals surface area contributed by atoms with E-state index in [4.69, 9.17) is 0 Å². The molecule has 0 spiro atoms. The Morgan fingerprint density at radius 3 is 2.42 bits per heavy atom. The summed E-state index contributed by atoms with van der Waals surface area (Å²) in [5.74, 6) is -0.295. The maximum absolute atomic E-state index is 13.3. The summed E-state index contributed by atoms with van der Waals surface area (Å²) in [7, 11) is 0. The van der Waals surface area contributed by atoms with Gasteiger partial charge in [-0.2, -0.15) is 0 Å². The largest absolute Gasteiger partial charge is 0.389 e. The second kappa shape index (κ2) is 7.49. The Morgan fingerprint density at radius 1 is 1.21 bits per heavy atom. The molecule has 0 fully saturated rings. The van der Waals surface area contributed by atoms with Crippen LogP contribution in [0.15, 0.2) is 18.2 Å². The third kappa shape index (κ3) is 4.50. The van der Waals surface area contributed by atoms with Crippen molar-refractivity contribution in [3.63, 3.8) is 0 Å². The zero-order valence-corrected chi connectivity index (χ0v) is 12.5. The monoisotopic (exact) mass is 267 g/mol. The molecule has 1 atom stereocenters. The molecule has 0 aliphatic heterocycles. The molecule has 19 heavy (non-hydrogen) atoms. The molecule has 0 amide bonds. The Labute approximate surface area is 116 Å². The summed E-state index contributed by atoms with van der Waals surface area (Å²) in [5.41, 5.74) is 1.62. The summed E-state index contributed by atoms with van der Waals surface area (Å²) >= 11 is 0. The number of unbranched alkanes of at least 4 members (excludes halogenated alkanes) is 2. The van der Waals surface area contributed by atoms with Crippen molar-refractivity contribution in [2.75, 3.05) is 11.4 Å². The number of aliphatic hydroxyl groups is 1. The summed E-state index contributed by atoms with van der Waals surface area (Å²) in [4.78, 5) is 2.25. The minimum absolute atomic E-state index is 0.295. The first-order chi connectivity index (χ1) is 8.97. The van der Waals surface area contributed by atoms with Crippen LogP contribution in [-0.4, -0.2) is 17.7 Å². The molecule has 0 aromatic heterocycles. The average Bonchev–Trinajstić information content (AvgIpc) is 2.35. The molecular formula is C16H26FNO. The molecule has 0 radical (unpaired) electrons. The fourth-order valence-corrected chi connectivity index (χ4v) is 2.31. The summed E-state index contributed by atoms with van der Waals surface area (Å²) < 4.78 is 13.3. The van der Waals surface area contributed by atoms with Crippen LogP contribution in [0.25, 0.3) is 0 Å². The van der Waals surface area contributed by atoms with Crippen molar-refractivity contribution >= 4 is 5.69 Å². The van der Waals surface area contributed by atoms with E-state index < -0.39 is 6.10 Å². The molecule has 3 heteroatoms. The molecule has 108 valence electrons. The van der Waals surface area contributed by atoms with Gasteiger partial charge >= 0.3 is 0 Å². The van der Waals surface area contributed by atoms with Crippen LogP contribution in [0.2, 0.25) is 0 Å². The van der Waals surface area contributed by atoms with Gasteiger partial charge in [0.25, 0.3) is 0 Å². The van der Waals surface area contributed by atoms with E-state index in [1.165, 1.54) is 25.0 Å². The normalized spacial score (nSPS) is 12.8. The number of rotatable bonds is 7. The van der Waals surface area contributed by atoms with Gasteiger partial charge in [-0.05, 0) is 45.4 Å². The summed E-state index contributed by atoms with van der Waals surface area (Å²) in [5, 5.41) is 9.84. The van der Waals surface area contributed by atoms with Gasteiger partial charge in [-0.15, -0.1) is 0 Å². The number of benzene rings is 1. The van der Waals surface area contributed by atoms with E-state index in [1.54, 1.807) is 13.0 Å². The van der Waals surface area contributed by atoms with Crippen LogP contribution in [0.5, 0.6) is 0 Å². The highest BCUT2D eigenvalue weighted by Crippen LogP contribution is 2.29. The molecule has 1 rings (SSSR count). The van der Waals surface area contributed by atoms with Gasteiger partial charge in [-0.3, -0.25) is 0 Å². The number of anilines is 1. The lowest BCUT2D eigenvalue weighted by molar-refractivity contribution is 0.199. The van der Waals surface area contributed by atoms with Crippen molar-refractivity contribution in [2.45, 2.75) is 59.1 Å². The van der Waals surface area contributed by atoms with Crippen molar-refractivity contribution in [3.05, 3.63) is 29.6 Å². The van der Waals surface area contributed by atoms with E-state index in [-0.39, 0.29) is 5.82 Å². The Morgan fingerprint density at radius 2 is 1.89 bits per heavy atom. The van der Waals surface area contributed by atoms with Gasteiger partial charge in [0.15, 0.2) is 0 Å². The fraction of sp³-hybridized carbons (Fsp3) is 0.625. The second-order valence-electron chi connectivity index (χ2n) is 5.37. The highest BCUT2D eigenvalue weighted by Gasteiger charge is 2.17. The lowest BCUT2D eigenvalue weighted by Crippen LogP contribution is -2.32. The Bertz CT molecular complexity index is 390. The van der Waals surface area contributed by atoms with Gasteiger partial charge in [-0.1, -0.05) is 19.8 Å². The smallest absolute Gasteiger partial charge is 0.123 e. The molecule has 0 saturated carbocycles. The van der Waals surface area contributed by atoms with Crippen LogP contribution in [0.3, 0.4) is 0 Å². The van der Waals surface area contributed by atoms with E-state index in [2.05, 4.69) is 25.7 Å². The van der Waals surface area contributed by atoms with E-state index in [9.17, 15) is 9.50 Å². The number of halogens is 1. The van der Waals surface area contributed by atoms with Gasteiger partial charge in [0.05, 0.1) is 6.10 Å². The molecule has 1 aromatic rings. The zero-order chi connectivity index (χ0) is 14.4. The second-order valence-corrected chi connectivity index (χ2v) is 5.37. The summed E-state index contributed by atoms with van der Waals surface area (Å²) in [6.07, 6.45) is 2.83. The predicted molar refractivity (Wildman–Crippen MR) is 79.0 cm³/mol. The lowest BCUT2D eigenvalue weighted by Gasteiger charge is -2.31. The predicted octanol–water partition coefficient (Wildman–Crippen LogP) is 4.28. The molecule has 0 unspecified atom stereocenters. The van der Waals surface area contributed by atoms with E-state index >= 15 is 0 Å². The number of nitrogens with zero attached hydrogens (tertiary/aromatic N) is 1. The van der Waals surface area contributed by atoms with E-state index in [1.807, 2.05) is 0 Å². The van der Waals surface area contributed by atoms with Gasteiger partial charge < -0.3 is 10.0 Å². The Balaban J connectivity index is 3.01. The molecule has 2 nitrogen and oxygen atoms in total. The topological polar surface area (TPSA) is 23.5 Å². The summed E-state index contributed by atoms with van der Waals surface area (Å²) in [6.45, 7) is 9.06. The molecule has 0 saturated heterocycles. The number of hydrogen-bond donors (Lipinski definition) is 1. The first-order valence-electron chi connectivity index (χ1n) is 7.21. The van der Waals surface area contributed by atoms with Crippen LogP contribution in [0, 0.1) is 5.82 Å². The van der Waals surface area contributed by atoms with Gasteiger partial charge in [0.2, 0.25) is 0 Å². The lowest BCUT2D eigenvalue weighted by atomic mass is 10.1. The van der Waals surface area contributed by atoms with Crippen LogP contribution < -0.4 is 4.90 Å². The molecule has 0 bridgehead atoms. The third-order valence-corrected chi connectivity index (χ3v) is 3.38. The first kappa shape index (κ1) is 16.0. The SMILES string of the molecule is CCCCCN(c1ccc(F)cc1[C@@H](C)O)C(C)C. The van der Waals surface area contributed by atoms with Crippen molar-refractivity contribution in [3.8, 4) is 0 Å². The molecule has 1 N–H and O–H groups in total. The van der Waals surface area contributed by atoms with Crippen molar-refractivity contribution in [2.24, 2.45) is 0 Å². The van der Waals surface area contributed by atoms with Crippen molar-refractivity contribution in [1.82, 2.24) is 0 Å². The standard InChI is InChI=1S/C16H26FNO/c1-5-6-7-10-18(12(2)3)16-9-8-14(17)11-15(16)13(4)19/h8-9,11-13,19H,5-7,10H2,1-4H3/t13-/m1/s1. The fourth-order valence-electron chi connectivity index (χ4n) is 2.31. The molecular weight excluding hydrogens is 241 g/mol. The number of aliphatic hydroxyl groups excluding tert-OH is 1. The van der Waals surface area contributed by atoms with Crippen LogP contribution in [0.1, 0.15) is 58.6 Å². The van der Waals surface area contributed by atoms with Gasteiger partial charge in [0, 0.05) is 23.8 Å². The van der Waals surface area contributed by atoms with Crippen LogP contribution >= 0.6 is 0 Å². The Kier molecular flexibility index (Phi) is 6.29. The highest BCUT2D eigenvalue weighted by molar-refractivity contribution is 5.55. The van der Waals surface area contributed by atoms with Crippen molar-refractivity contribution < 1.29 is 9.50 Å². The number of hydrogen-bond acceptors (Lipinski definition) is 2. The van der Waals surface area contributed by atoms with Crippen molar-refractivity contribution in [1.29, 1.82) is 0 Å². The molecule has 0 heterocycles. The molecule has 0 aliphatic carbocycles. The average molecular weight is 267 g/mol. The third-order valence-electron chi connectivity index (χ3n) is 3.38. The van der Waals surface area contributed by atoms with E-state index in [0.717, 1.165) is 18.7 Å². The molecule has 1 aromatic carbocycles. The maximum atomic E-state index is 13.3. The Hall–Kier alpha value is -1.09. The zero-order valence-electron chi connectivity index (χ0n) is 12.5. The minimum atomic E-state index is -0.655. The summed E-state index contributed by atoms with van der Waals surface area (Å²) in [6, 6.07) is 5.02. The van der Waals surface area contributed by atoms with E-state index in [0.29, 0.717) is 11.6 Å². The molecule has 0 aliphatic rings.